The number of benzene rings is 1. The molecule has 150 valence electrons. The van der Waals surface area contributed by atoms with Gasteiger partial charge >= 0.3 is 6.18 Å². The number of anilines is 1. The number of hydrogen-bond donors (Lipinski definition) is 2. The number of nitrogens with one attached hydrogen (secondary N) is 2. The Kier molecular flexibility index (Phi) is 6.83. The zero-order valence-corrected chi connectivity index (χ0v) is 15.4. The third-order valence-corrected chi connectivity index (χ3v) is 4.43. The largest absolute Gasteiger partial charge is 0.418 e. The van der Waals surface area contributed by atoms with E-state index < -0.39 is 29.0 Å². The molecule has 1 saturated heterocycles. The molecule has 0 bridgehead atoms. The van der Waals surface area contributed by atoms with Crippen LogP contribution in [0.1, 0.15) is 19.4 Å². The average molecular weight is 387 g/mol. The molecule has 2 N–H and O–H groups in total. The van der Waals surface area contributed by atoms with E-state index in [-0.39, 0.29) is 5.69 Å². The van der Waals surface area contributed by atoms with Gasteiger partial charge in [-0.25, -0.2) is 0 Å². The van der Waals surface area contributed by atoms with Crippen LogP contribution in [0.2, 0.25) is 0 Å². The highest BCUT2D eigenvalue weighted by Crippen LogP contribution is 2.35. The van der Waals surface area contributed by atoms with E-state index in [1.54, 1.807) is 0 Å². The Balaban J connectivity index is 1.95. The van der Waals surface area contributed by atoms with Crippen LogP contribution in [0.25, 0.3) is 0 Å². The van der Waals surface area contributed by atoms with E-state index in [4.69, 9.17) is 4.74 Å². The molecular weight excluding hydrogens is 363 g/mol. The topological polar surface area (TPSA) is 70.7 Å². The molecule has 27 heavy (non-hydrogen) atoms. The molecule has 0 radical (unpaired) electrons. The highest BCUT2D eigenvalue weighted by molar-refractivity contribution is 6.10. The molecule has 0 atom stereocenters. The third kappa shape index (κ3) is 5.67. The predicted molar refractivity (Wildman–Crippen MR) is 94.1 cm³/mol. The first-order valence-electron chi connectivity index (χ1n) is 8.68. The molecule has 1 aliphatic rings. The fourth-order valence-corrected chi connectivity index (χ4v) is 2.59. The highest BCUT2D eigenvalue weighted by atomic mass is 19.4. The fourth-order valence-electron chi connectivity index (χ4n) is 2.59. The Labute approximate surface area is 156 Å². The van der Waals surface area contributed by atoms with Crippen LogP contribution in [0.5, 0.6) is 0 Å². The second-order valence-electron chi connectivity index (χ2n) is 6.83. The number of halogens is 3. The van der Waals surface area contributed by atoms with Crippen molar-refractivity contribution in [1.29, 1.82) is 0 Å². The number of carbonyl (C=O) groups excluding carboxylic acids is 2. The van der Waals surface area contributed by atoms with Crippen molar-refractivity contribution in [1.82, 2.24) is 10.2 Å². The van der Waals surface area contributed by atoms with Crippen LogP contribution >= 0.6 is 0 Å². The minimum atomic E-state index is -4.60. The van der Waals surface area contributed by atoms with E-state index in [2.05, 4.69) is 15.5 Å². The number of ether oxygens (including phenoxy) is 1. The molecule has 1 fully saturated rings. The number of alkyl halides is 3. The summed E-state index contributed by atoms with van der Waals surface area (Å²) in [5.41, 5.74) is -2.85. The fraction of sp³-hybridized carbons (Fsp3) is 0.556. The van der Waals surface area contributed by atoms with E-state index in [1.165, 1.54) is 26.0 Å². The summed E-state index contributed by atoms with van der Waals surface area (Å²) in [5.74, 6) is -1.35. The molecule has 2 amide bonds. The van der Waals surface area contributed by atoms with E-state index in [0.717, 1.165) is 25.2 Å². The molecule has 1 heterocycles. The maximum atomic E-state index is 13.1. The first-order valence-corrected chi connectivity index (χ1v) is 8.68. The van der Waals surface area contributed by atoms with Gasteiger partial charge in [0, 0.05) is 26.2 Å². The maximum absolute atomic E-state index is 13.1. The third-order valence-electron chi connectivity index (χ3n) is 4.43. The van der Waals surface area contributed by atoms with Gasteiger partial charge in [-0.1, -0.05) is 12.1 Å². The van der Waals surface area contributed by atoms with Crippen LogP contribution in [0, 0.1) is 5.41 Å². The summed E-state index contributed by atoms with van der Waals surface area (Å²) in [7, 11) is 0. The van der Waals surface area contributed by atoms with Gasteiger partial charge < -0.3 is 15.4 Å². The lowest BCUT2D eigenvalue weighted by Crippen LogP contribution is -2.48. The number of rotatable bonds is 6. The molecule has 0 saturated carbocycles. The Hall–Kier alpha value is -2.13. The standard InChI is InChI=1S/C18H24F3N3O3/c1-17(2,15(25)22-7-8-24-9-11-27-12-10-24)16(26)23-14-6-4-3-5-13(14)18(19,20)21/h3-6H,7-12H2,1-2H3,(H,22,25)(H,23,26). The lowest BCUT2D eigenvalue weighted by atomic mass is 9.90. The number of amides is 2. The number of para-hydroxylation sites is 1. The van der Waals surface area contributed by atoms with E-state index in [1.807, 2.05) is 0 Å². The molecule has 1 aromatic rings. The molecule has 2 rings (SSSR count). The van der Waals surface area contributed by atoms with Crippen molar-refractivity contribution in [3.63, 3.8) is 0 Å². The zero-order valence-electron chi connectivity index (χ0n) is 15.4. The van der Waals surface area contributed by atoms with Crippen molar-refractivity contribution in [2.24, 2.45) is 5.41 Å². The van der Waals surface area contributed by atoms with E-state index >= 15 is 0 Å². The lowest BCUT2D eigenvalue weighted by molar-refractivity contribution is -0.138. The number of nitrogens with zero attached hydrogens (tertiary/aromatic N) is 1. The lowest BCUT2D eigenvalue weighted by Gasteiger charge is -2.28. The second kappa shape index (κ2) is 8.71. The summed E-state index contributed by atoms with van der Waals surface area (Å²) in [6, 6.07) is 4.67. The van der Waals surface area contributed by atoms with Crippen molar-refractivity contribution in [3.8, 4) is 0 Å². The van der Waals surface area contributed by atoms with Crippen LogP contribution in [0.4, 0.5) is 18.9 Å². The highest BCUT2D eigenvalue weighted by Gasteiger charge is 2.38. The van der Waals surface area contributed by atoms with Gasteiger partial charge in [-0.3, -0.25) is 14.5 Å². The Morgan fingerprint density at radius 2 is 1.74 bits per heavy atom. The molecule has 1 aromatic carbocycles. The minimum absolute atomic E-state index is 0.342. The van der Waals surface area contributed by atoms with Crippen molar-refractivity contribution in [2.75, 3.05) is 44.7 Å². The smallest absolute Gasteiger partial charge is 0.379 e. The molecule has 1 aliphatic heterocycles. The van der Waals surface area contributed by atoms with E-state index in [9.17, 15) is 22.8 Å². The number of morpholine rings is 1. The molecule has 0 unspecified atom stereocenters. The first kappa shape index (κ1) is 21.2. The summed E-state index contributed by atoms with van der Waals surface area (Å²) in [5, 5.41) is 4.91. The van der Waals surface area contributed by atoms with Crippen LogP contribution in [0.15, 0.2) is 24.3 Å². The van der Waals surface area contributed by atoms with Gasteiger partial charge in [0.05, 0.1) is 24.5 Å². The van der Waals surface area contributed by atoms with Gasteiger partial charge in [0.1, 0.15) is 5.41 Å². The summed E-state index contributed by atoms with van der Waals surface area (Å²) < 4.78 is 44.4. The quantitative estimate of drug-likeness (QED) is 0.734. The monoisotopic (exact) mass is 387 g/mol. The van der Waals surface area contributed by atoms with Crippen LogP contribution in [-0.2, 0) is 20.5 Å². The van der Waals surface area contributed by atoms with Crippen molar-refractivity contribution >= 4 is 17.5 Å². The molecular formula is C18H24F3N3O3. The summed E-state index contributed by atoms with van der Waals surface area (Å²) in [6.45, 7) is 6.53. The predicted octanol–water partition coefficient (Wildman–Crippen LogP) is 2.12. The summed E-state index contributed by atoms with van der Waals surface area (Å²) >= 11 is 0. The van der Waals surface area contributed by atoms with Crippen LogP contribution in [-0.4, -0.2) is 56.1 Å². The van der Waals surface area contributed by atoms with Gasteiger partial charge in [-0.05, 0) is 26.0 Å². The second-order valence-corrected chi connectivity index (χ2v) is 6.83. The van der Waals surface area contributed by atoms with Crippen molar-refractivity contribution < 1.29 is 27.5 Å². The van der Waals surface area contributed by atoms with Gasteiger partial charge in [-0.15, -0.1) is 0 Å². The normalized spacial score (nSPS) is 16.0. The Bertz CT molecular complexity index is 671. The minimum Gasteiger partial charge on any atom is -0.379 e. The molecule has 0 spiro atoms. The maximum Gasteiger partial charge on any atom is 0.418 e. The molecule has 6 nitrogen and oxygen atoms in total. The Morgan fingerprint density at radius 3 is 2.37 bits per heavy atom. The van der Waals surface area contributed by atoms with Crippen molar-refractivity contribution in [2.45, 2.75) is 20.0 Å². The molecule has 0 aliphatic carbocycles. The summed E-state index contributed by atoms with van der Waals surface area (Å²) in [4.78, 5) is 27.0. The number of hydrogen-bond acceptors (Lipinski definition) is 4. The molecule has 9 heteroatoms. The Morgan fingerprint density at radius 1 is 1.11 bits per heavy atom. The summed E-state index contributed by atoms with van der Waals surface area (Å²) in [6.07, 6.45) is -4.60. The SMILES string of the molecule is CC(C)(C(=O)NCCN1CCOCC1)C(=O)Nc1ccccc1C(F)(F)F. The van der Waals surface area contributed by atoms with Crippen LogP contribution < -0.4 is 10.6 Å². The van der Waals surface area contributed by atoms with Gasteiger partial charge in [-0.2, -0.15) is 13.2 Å². The molecule has 0 aromatic heterocycles. The van der Waals surface area contributed by atoms with E-state index in [0.29, 0.717) is 26.3 Å². The van der Waals surface area contributed by atoms with Gasteiger partial charge in [0.15, 0.2) is 0 Å². The van der Waals surface area contributed by atoms with Gasteiger partial charge in [0.2, 0.25) is 11.8 Å². The average Bonchev–Trinajstić information content (AvgIpc) is 2.62. The van der Waals surface area contributed by atoms with Crippen molar-refractivity contribution in [3.05, 3.63) is 29.8 Å². The zero-order chi connectivity index (χ0) is 20.1. The first-order chi connectivity index (χ1) is 12.6. The van der Waals surface area contributed by atoms with Crippen LogP contribution in [0.3, 0.4) is 0 Å². The number of carbonyl (C=O) groups is 2. The van der Waals surface area contributed by atoms with Gasteiger partial charge in [0.25, 0.3) is 0 Å².